The summed E-state index contributed by atoms with van der Waals surface area (Å²) in [5.74, 6) is 0.413. The Kier molecular flexibility index (Phi) is 1.94. The maximum Gasteiger partial charge on any atom is 0.150 e. The van der Waals surface area contributed by atoms with Crippen molar-refractivity contribution in [1.82, 2.24) is 9.97 Å². The van der Waals surface area contributed by atoms with Gasteiger partial charge in [0.25, 0.3) is 0 Å². The molecule has 0 aliphatic heterocycles. The predicted molar refractivity (Wildman–Crippen MR) is 66.5 cm³/mol. The number of para-hydroxylation sites is 1. The van der Waals surface area contributed by atoms with Crippen LogP contribution in [0.5, 0.6) is 0 Å². The van der Waals surface area contributed by atoms with E-state index < -0.39 is 0 Å². The zero-order valence-electron chi connectivity index (χ0n) is 8.31. The Bertz CT molecular complexity index is 694. The summed E-state index contributed by atoms with van der Waals surface area (Å²) in [5.41, 5.74) is 7.39. The van der Waals surface area contributed by atoms with Gasteiger partial charge in [0.15, 0.2) is 5.82 Å². The average molecular weight is 230 g/mol. The lowest BCUT2D eigenvalue weighted by Gasteiger charge is -2.05. The third-order valence-electron chi connectivity index (χ3n) is 2.54. The third kappa shape index (κ3) is 1.29. The average Bonchev–Trinajstić information content (AvgIpc) is 2.29. The fourth-order valence-electron chi connectivity index (χ4n) is 1.83. The third-order valence-corrected chi connectivity index (χ3v) is 2.75. The van der Waals surface area contributed by atoms with Crippen LogP contribution in [-0.2, 0) is 0 Å². The molecule has 0 spiro atoms. The summed E-state index contributed by atoms with van der Waals surface area (Å²) < 4.78 is 0. The summed E-state index contributed by atoms with van der Waals surface area (Å²) in [6.07, 6.45) is 0. The first-order chi connectivity index (χ1) is 7.75. The Morgan fingerprint density at radius 2 is 1.75 bits per heavy atom. The van der Waals surface area contributed by atoms with E-state index in [1.54, 1.807) is 6.07 Å². The molecule has 3 rings (SSSR count). The number of nitrogens with two attached hydrogens (primary N) is 1. The highest BCUT2D eigenvalue weighted by molar-refractivity contribution is 6.30. The van der Waals surface area contributed by atoms with Gasteiger partial charge in [0.1, 0.15) is 10.7 Å². The molecule has 0 aliphatic rings. The standard InChI is InChI=1S/C12H8ClN3/c13-10-6-5-8-7-3-1-2-4-9(7)15-12(14)11(8)16-10/h1-6H,(H2,14,15). The van der Waals surface area contributed by atoms with Crippen LogP contribution in [-0.4, -0.2) is 9.97 Å². The number of pyridine rings is 2. The lowest BCUT2D eigenvalue weighted by Crippen LogP contribution is -1.95. The number of hydrogen-bond donors (Lipinski definition) is 1. The maximum atomic E-state index is 5.86. The Morgan fingerprint density at radius 1 is 0.938 bits per heavy atom. The van der Waals surface area contributed by atoms with E-state index in [9.17, 15) is 0 Å². The van der Waals surface area contributed by atoms with Gasteiger partial charge in [-0.2, -0.15) is 0 Å². The highest BCUT2D eigenvalue weighted by atomic mass is 35.5. The van der Waals surface area contributed by atoms with E-state index >= 15 is 0 Å². The Balaban J connectivity index is 2.59. The fourth-order valence-corrected chi connectivity index (χ4v) is 1.98. The zero-order chi connectivity index (χ0) is 11.1. The molecule has 2 N–H and O–H groups in total. The number of anilines is 1. The molecule has 2 heterocycles. The maximum absolute atomic E-state index is 5.86. The van der Waals surface area contributed by atoms with Crippen molar-refractivity contribution in [2.24, 2.45) is 0 Å². The minimum atomic E-state index is 0.413. The molecule has 0 amide bonds. The summed E-state index contributed by atoms with van der Waals surface area (Å²) in [7, 11) is 0. The second-order valence-electron chi connectivity index (χ2n) is 3.54. The Hall–Kier alpha value is -1.87. The van der Waals surface area contributed by atoms with Gasteiger partial charge in [-0.3, -0.25) is 0 Å². The number of aromatic nitrogens is 2. The van der Waals surface area contributed by atoms with Gasteiger partial charge >= 0.3 is 0 Å². The molecular formula is C12H8ClN3. The molecule has 3 aromatic rings. The molecule has 0 bridgehead atoms. The summed E-state index contributed by atoms with van der Waals surface area (Å²) in [5, 5.41) is 2.44. The molecule has 3 nitrogen and oxygen atoms in total. The minimum absolute atomic E-state index is 0.413. The topological polar surface area (TPSA) is 51.8 Å². The number of hydrogen-bond acceptors (Lipinski definition) is 3. The smallest absolute Gasteiger partial charge is 0.150 e. The van der Waals surface area contributed by atoms with Crippen LogP contribution < -0.4 is 5.73 Å². The molecule has 0 unspecified atom stereocenters. The molecular weight excluding hydrogens is 222 g/mol. The van der Waals surface area contributed by atoms with Crippen molar-refractivity contribution in [2.45, 2.75) is 0 Å². The second kappa shape index (κ2) is 3.32. The molecule has 2 aromatic heterocycles. The first-order valence-corrected chi connectivity index (χ1v) is 5.24. The predicted octanol–water partition coefficient (Wildman–Crippen LogP) is 3.02. The van der Waals surface area contributed by atoms with Gasteiger partial charge in [-0.05, 0) is 18.2 Å². The van der Waals surface area contributed by atoms with E-state index in [2.05, 4.69) is 9.97 Å². The van der Waals surface area contributed by atoms with Crippen LogP contribution in [0, 0.1) is 0 Å². The summed E-state index contributed by atoms with van der Waals surface area (Å²) in [6.45, 7) is 0. The molecule has 0 fully saturated rings. The molecule has 0 aliphatic carbocycles. The number of benzene rings is 1. The highest BCUT2D eigenvalue weighted by Crippen LogP contribution is 2.27. The Labute approximate surface area is 96.9 Å². The molecule has 0 radical (unpaired) electrons. The van der Waals surface area contributed by atoms with Crippen LogP contribution in [0.4, 0.5) is 5.82 Å². The van der Waals surface area contributed by atoms with Gasteiger partial charge < -0.3 is 5.73 Å². The van der Waals surface area contributed by atoms with Crippen molar-refractivity contribution in [3.05, 3.63) is 41.6 Å². The molecule has 4 heteroatoms. The summed E-state index contributed by atoms with van der Waals surface area (Å²) in [6, 6.07) is 11.5. The second-order valence-corrected chi connectivity index (χ2v) is 3.93. The van der Waals surface area contributed by atoms with Gasteiger partial charge in [-0.25, -0.2) is 9.97 Å². The van der Waals surface area contributed by atoms with Crippen LogP contribution >= 0.6 is 11.6 Å². The van der Waals surface area contributed by atoms with Gasteiger partial charge in [0.2, 0.25) is 0 Å². The molecule has 1 aromatic carbocycles. The van der Waals surface area contributed by atoms with Crippen LogP contribution in [0.25, 0.3) is 21.8 Å². The number of nitrogens with zero attached hydrogens (tertiary/aromatic N) is 2. The minimum Gasteiger partial charge on any atom is -0.382 e. The van der Waals surface area contributed by atoms with Gasteiger partial charge in [-0.1, -0.05) is 29.8 Å². The van der Waals surface area contributed by atoms with Crippen molar-refractivity contribution < 1.29 is 0 Å². The van der Waals surface area contributed by atoms with Crippen molar-refractivity contribution in [3.63, 3.8) is 0 Å². The number of rotatable bonds is 0. The lowest BCUT2D eigenvalue weighted by atomic mass is 10.1. The molecule has 0 saturated carbocycles. The number of nitrogen functional groups attached to an aromatic ring is 1. The largest absolute Gasteiger partial charge is 0.382 e. The van der Waals surface area contributed by atoms with E-state index in [1.807, 2.05) is 30.3 Å². The van der Waals surface area contributed by atoms with E-state index in [1.165, 1.54) is 0 Å². The van der Waals surface area contributed by atoms with E-state index in [0.717, 1.165) is 16.3 Å². The summed E-state index contributed by atoms with van der Waals surface area (Å²) >= 11 is 5.85. The monoisotopic (exact) mass is 229 g/mol. The summed E-state index contributed by atoms with van der Waals surface area (Å²) in [4.78, 5) is 8.50. The normalized spacial score (nSPS) is 11.1. The van der Waals surface area contributed by atoms with Crippen LogP contribution in [0.3, 0.4) is 0 Å². The molecule has 0 saturated heterocycles. The number of fused-ring (bicyclic) bond motifs is 3. The quantitative estimate of drug-likeness (QED) is 0.476. The lowest BCUT2D eigenvalue weighted by molar-refractivity contribution is 1.36. The van der Waals surface area contributed by atoms with E-state index in [4.69, 9.17) is 17.3 Å². The van der Waals surface area contributed by atoms with Crippen LogP contribution in [0.2, 0.25) is 5.15 Å². The molecule has 16 heavy (non-hydrogen) atoms. The van der Waals surface area contributed by atoms with Gasteiger partial charge in [0.05, 0.1) is 5.52 Å². The first kappa shape index (κ1) is 9.36. The highest BCUT2D eigenvalue weighted by Gasteiger charge is 2.06. The van der Waals surface area contributed by atoms with E-state index in [0.29, 0.717) is 16.5 Å². The first-order valence-electron chi connectivity index (χ1n) is 4.86. The SMILES string of the molecule is Nc1nc2ccccc2c2ccc(Cl)nc12. The zero-order valence-corrected chi connectivity index (χ0v) is 9.07. The van der Waals surface area contributed by atoms with Crippen molar-refractivity contribution >= 4 is 39.2 Å². The fraction of sp³-hybridized carbons (Fsp3) is 0. The van der Waals surface area contributed by atoms with Gasteiger partial charge in [-0.15, -0.1) is 0 Å². The van der Waals surface area contributed by atoms with Crippen molar-refractivity contribution in [2.75, 3.05) is 5.73 Å². The van der Waals surface area contributed by atoms with Crippen LogP contribution in [0.1, 0.15) is 0 Å². The van der Waals surface area contributed by atoms with Crippen LogP contribution in [0.15, 0.2) is 36.4 Å². The van der Waals surface area contributed by atoms with E-state index in [-0.39, 0.29) is 0 Å². The van der Waals surface area contributed by atoms with Crippen molar-refractivity contribution in [3.8, 4) is 0 Å². The Morgan fingerprint density at radius 3 is 2.62 bits per heavy atom. The number of halogens is 1. The van der Waals surface area contributed by atoms with Crippen molar-refractivity contribution in [1.29, 1.82) is 0 Å². The molecule has 78 valence electrons. The molecule has 0 atom stereocenters. The van der Waals surface area contributed by atoms with Gasteiger partial charge in [0, 0.05) is 10.8 Å².